The molecule has 0 aliphatic heterocycles. The summed E-state index contributed by atoms with van der Waals surface area (Å²) in [5.41, 5.74) is 1.78. The van der Waals surface area contributed by atoms with E-state index in [4.69, 9.17) is 0 Å². The third-order valence-corrected chi connectivity index (χ3v) is 3.55. The molecule has 0 radical (unpaired) electrons. The highest BCUT2D eigenvalue weighted by molar-refractivity contribution is 9.10. The maximum Gasteiger partial charge on any atom is 0.264 e. The number of hydrogen-bond acceptors (Lipinski definition) is 1. The van der Waals surface area contributed by atoms with Crippen LogP contribution in [0.25, 0.3) is 11.3 Å². The van der Waals surface area contributed by atoms with E-state index < -0.39 is 12.5 Å². The Bertz CT molecular complexity index is 585. The van der Waals surface area contributed by atoms with Crippen LogP contribution in [0.4, 0.5) is 13.2 Å². The Balaban J connectivity index is 2.52. The van der Waals surface area contributed by atoms with Crippen LogP contribution in [-0.4, -0.2) is 15.7 Å². The standard InChI is InChI=1S/C13H12BrF3N2/c1-8-11(14)12(9-3-5-10(15)6-4-9)19(18-8)7-13(2,16)17/h3-6H,7H2,1-2H3. The number of nitrogens with zero attached hydrogens (tertiary/aromatic N) is 2. The van der Waals surface area contributed by atoms with Crippen molar-refractivity contribution in [3.05, 3.63) is 40.2 Å². The van der Waals surface area contributed by atoms with Crippen LogP contribution in [0.3, 0.4) is 0 Å². The molecule has 0 saturated carbocycles. The molecular formula is C13H12BrF3N2. The van der Waals surface area contributed by atoms with Gasteiger partial charge in [-0.2, -0.15) is 5.10 Å². The molecule has 6 heteroatoms. The predicted octanol–water partition coefficient (Wildman–Crippen LogP) is 4.42. The fourth-order valence-electron chi connectivity index (χ4n) is 1.82. The van der Waals surface area contributed by atoms with E-state index in [0.717, 1.165) is 6.92 Å². The summed E-state index contributed by atoms with van der Waals surface area (Å²) in [5, 5.41) is 4.09. The number of hydrogen-bond donors (Lipinski definition) is 0. The quantitative estimate of drug-likeness (QED) is 0.813. The first kappa shape index (κ1) is 14.1. The van der Waals surface area contributed by atoms with Gasteiger partial charge in [-0.1, -0.05) is 0 Å². The minimum absolute atomic E-state index is 0.372. The number of rotatable bonds is 3. The zero-order valence-electron chi connectivity index (χ0n) is 10.4. The van der Waals surface area contributed by atoms with Crippen molar-refractivity contribution >= 4 is 15.9 Å². The molecule has 0 saturated heterocycles. The average Bonchev–Trinajstić information content (AvgIpc) is 2.54. The molecule has 2 aromatic rings. The van der Waals surface area contributed by atoms with Gasteiger partial charge in [-0.3, -0.25) is 4.68 Å². The first-order valence-corrected chi connectivity index (χ1v) is 6.44. The number of benzene rings is 1. The maximum atomic E-state index is 13.2. The van der Waals surface area contributed by atoms with Crippen molar-refractivity contribution in [2.45, 2.75) is 26.3 Å². The number of aromatic nitrogens is 2. The van der Waals surface area contributed by atoms with Crippen LogP contribution in [0, 0.1) is 12.7 Å². The van der Waals surface area contributed by atoms with Gasteiger partial charge < -0.3 is 0 Å². The number of alkyl halides is 2. The molecule has 1 aromatic carbocycles. The van der Waals surface area contributed by atoms with Crippen LogP contribution in [0.2, 0.25) is 0 Å². The van der Waals surface area contributed by atoms with E-state index in [-0.39, 0.29) is 5.82 Å². The molecule has 0 bridgehead atoms. The highest BCUT2D eigenvalue weighted by Gasteiger charge is 2.26. The summed E-state index contributed by atoms with van der Waals surface area (Å²) >= 11 is 3.34. The van der Waals surface area contributed by atoms with Crippen molar-refractivity contribution in [2.75, 3.05) is 0 Å². The molecule has 0 N–H and O–H groups in total. The molecule has 1 heterocycles. The molecule has 0 unspecified atom stereocenters. The Labute approximate surface area is 117 Å². The number of aryl methyl sites for hydroxylation is 1. The van der Waals surface area contributed by atoms with Gasteiger partial charge in [-0.15, -0.1) is 0 Å². The third-order valence-electron chi connectivity index (χ3n) is 2.60. The second-order valence-corrected chi connectivity index (χ2v) is 5.28. The van der Waals surface area contributed by atoms with Crippen molar-refractivity contribution in [1.29, 1.82) is 0 Å². The van der Waals surface area contributed by atoms with Gasteiger partial charge in [0.05, 0.1) is 15.9 Å². The molecule has 19 heavy (non-hydrogen) atoms. The fourth-order valence-corrected chi connectivity index (χ4v) is 2.33. The molecule has 0 aliphatic rings. The lowest BCUT2D eigenvalue weighted by molar-refractivity contribution is 0.00100. The molecule has 0 amide bonds. The van der Waals surface area contributed by atoms with Gasteiger partial charge in [0.25, 0.3) is 5.92 Å². The average molecular weight is 333 g/mol. The van der Waals surface area contributed by atoms with Gasteiger partial charge >= 0.3 is 0 Å². The first-order valence-electron chi connectivity index (χ1n) is 5.64. The fraction of sp³-hybridized carbons (Fsp3) is 0.308. The zero-order chi connectivity index (χ0) is 14.2. The molecule has 102 valence electrons. The van der Waals surface area contributed by atoms with E-state index in [2.05, 4.69) is 21.0 Å². The highest BCUT2D eigenvalue weighted by Crippen LogP contribution is 2.32. The predicted molar refractivity (Wildman–Crippen MR) is 70.7 cm³/mol. The highest BCUT2D eigenvalue weighted by atomic mass is 79.9. The second-order valence-electron chi connectivity index (χ2n) is 4.48. The molecule has 0 fully saturated rings. The monoisotopic (exact) mass is 332 g/mol. The molecule has 0 atom stereocenters. The third kappa shape index (κ3) is 3.18. The Kier molecular flexibility index (Phi) is 3.71. The van der Waals surface area contributed by atoms with Crippen molar-refractivity contribution < 1.29 is 13.2 Å². The van der Waals surface area contributed by atoms with Crippen LogP contribution >= 0.6 is 15.9 Å². The summed E-state index contributed by atoms with van der Waals surface area (Å²) in [6, 6.07) is 5.67. The van der Waals surface area contributed by atoms with Gasteiger partial charge in [0.1, 0.15) is 12.4 Å². The SMILES string of the molecule is Cc1nn(CC(C)(F)F)c(-c2ccc(F)cc2)c1Br. The Morgan fingerprint density at radius 3 is 2.37 bits per heavy atom. The second kappa shape index (κ2) is 5.00. The molecule has 0 aliphatic carbocycles. The van der Waals surface area contributed by atoms with Crippen molar-refractivity contribution in [3.8, 4) is 11.3 Å². The maximum absolute atomic E-state index is 13.2. The van der Waals surface area contributed by atoms with Gasteiger partial charge in [-0.05, 0) is 47.1 Å². The summed E-state index contributed by atoms with van der Waals surface area (Å²) in [7, 11) is 0. The summed E-state index contributed by atoms with van der Waals surface area (Å²) in [5.74, 6) is -3.24. The topological polar surface area (TPSA) is 17.8 Å². The number of halogens is 4. The van der Waals surface area contributed by atoms with E-state index in [1.54, 1.807) is 19.1 Å². The minimum atomic E-state index is -2.87. The summed E-state index contributed by atoms with van der Waals surface area (Å²) < 4.78 is 41.2. The van der Waals surface area contributed by atoms with Gasteiger partial charge in [-0.25, -0.2) is 13.2 Å². The molecular weight excluding hydrogens is 321 g/mol. The van der Waals surface area contributed by atoms with Crippen molar-refractivity contribution in [2.24, 2.45) is 0 Å². The lowest BCUT2D eigenvalue weighted by Crippen LogP contribution is -2.20. The first-order chi connectivity index (χ1) is 8.78. The van der Waals surface area contributed by atoms with E-state index in [1.807, 2.05) is 0 Å². The largest absolute Gasteiger partial charge is 0.264 e. The normalized spacial score (nSPS) is 11.9. The minimum Gasteiger partial charge on any atom is -0.257 e. The summed E-state index contributed by atoms with van der Waals surface area (Å²) in [6.45, 7) is 2.04. The van der Waals surface area contributed by atoms with Crippen LogP contribution < -0.4 is 0 Å². The van der Waals surface area contributed by atoms with Crippen LogP contribution in [0.1, 0.15) is 12.6 Å². The van der Waals surface area contributed by atoms with Gasteiger partial charge in [0.15, 0.2) is 0 Å². The van der Waals surface area contributed by atoms with E-state index in [0.29, 0.717) is 21.4 Å². The zero-order valence-corrected chi connectivity index (χ0v) is 12.0. The summed E-state index contributed by atoms with van der Waals surface area (Å²) in [4.78, 5) is 0. The smallest absolute Gasteiger partial charge is 0.257 e. The van der Waals surface area contributed by atoms with Crippen molar-refractivity contribution in [1.82, 2.24) is 9.78 Å². The van der Waals surface area contributed by atoms with Crippen LogP contribution in [-0.2, 0) is 6.54 Å². The van der Waals surface area contributed by atoms with Gasteiger partial charge in [0, 0.05) is 12.5 Å². The van der Waals surface area contributed by atoms with Crippen LogP contribution in [0.15, 0.2) is 28.7 Å². The lowest BCUT2D eigenvalue weighted by Gasteiger charge is -2.13. The molecule has 2 nitrogen and oxygen atoms in total. The lowest BCUT2D eigenvalue weighted by atomic mass is 10.1. The van der Waals surface area contributed by atoms with Gasteiger partial charge in [0.2, 0.25) is 0 Å². The Morgan fingerprint density at radius 1 is 1.26 bits per heavy atom. The molecule has 1 aromatic heterocycles. The van der Waals surface area contributed by atoms with Crippen molar-refractivity contribution in [3.63, 3.8) is 0 Å². The van der Waals surface area contributed by atoms with E-state index in [1.165, 1.54) is 16.8 Å². The van der Waals surface area contributed by atoms with Crippen LogP contribution in [0.5, 0.6) is 0 Å². The Hall–Kier alpha value is -1.30. The molecule has 2 rings (SSSR count). The summed E-state index contributed by atoms with van der Waals surface area (Å²) in [6.07, 6.45) is 0. The van der Waals surface area contributed by atoms with E-state index in [9.17, 15) is 13.2 Å². The molecule has 0 spiro atoms. The Morgan fingerprint density at radius 2 is 1.84 bits per heavy atom. The van der Waals surface area contributed by atoms with E-state index >= 15 is 0 Å².